The van der Waals surface area contributed by atoms with Gasteiger partial charge in [0.1, 0.15) is 6.61 Å². The molecule has 1 heterocycles. The molecular formula is C25H19Cl2IN2O3S. The van der Waals surface area contributed by atoms with Crippen molar-refractivity contribution in [1.29, 1.82) is 0 Å². The van der Waals surface area contributed by atoms with Crippen molar-refractivity contribution in [2.75, 3.05) is 7.11 Å². The first kappa shape index (κ1) is 24.9. The summed E-state index contributed by atoms with van der Waals surface area (Å²) in [6.45, 7) is 2.48. The summed E-state index contributed by atoms with van der Waals surface area (Å²) in [6, 6.07) is 17.1. The molecule has 5 nitrogen and oxygen atoms in total. The monoisotopic (exact) mass is 624 g/mol. The minimum atomic E-state index is -0.240. The molecule has 0 saturated carbocycles. The molecule has 1 amide bonds. The molecule has 1 aliphatic heterocycles. The topological polar surface area (TPSA) is 59.9 Å². The molecular weight excluding hydrogens is 606 g/mol. The van der Waals surface area contributed by atoms with Crippen LogP contribution >= 0.6 is 57.6 Å². The molecule has 0 unspecified atom stereocenters. The van der Waals surface area contributed by atoms with Gasteiger partial charge in [-0.3, -0.25) is 4.79 Å². The number of halogens is 3. The van der Waals surface area contributed by atoms with Crippen LogP contribution in [0, 0.1) is 10.5 Å². The average Bonchev–Trinajstić information content (AvgIpc) is 3.14. The van der Waals surface area contributed by atoms with Crippen molar-refractivity contribution in [3.8, 4) is 11.5 Å². The van der Waals surface area contributed by atoms with E-state index in [2.05, 4.69) is 39.0 Å². The van der Waals surface area contributed by atoms with Crippen LogP contribution in [0.2, 0.25) is 10.0 Å². The van der Waals surface area contributed by atoms with E-state index in [1.165, 1.54) is 17.3 Å². The lowest BCUT2D eigenvalue weighted by Crippen LogP contribution is -2.19. The summed E-state index contributed by atoms with van der Waals surface area (Å²) >= 11 is 15.7. The number of nitrogens with one attached hydrogen (secondary N) is 1. The van der Waals surface area contributed by atoms with Crippen LogP contribution < -0.4 is 14.8 Å². The van der Waals surface area contributed by atoms with Gasteiger partial charge in [-0.05, 0) is 82.7 Å². The fourth-order valence-corrected chi connectivity index (χ4v) is 5.19. The van der Waals surface area contributed by atoms with E-state index in [1.807, 2.05) is 37.3 Å². The van der Waals surface area contributed by atoms with E-state index in [0.29, 0.717) is 43.9 Å². The quantitative estimate of drug-likeness (QED) is 0.230. The first-order chi connectivity index (χ1) is 16.3. The van der Waals surface area contributed by atoms with Crippen molar-refractivity contribution in [1.82, 2.24) is 5.32 Å². The molecule has 0 spiro atoms. The number of carbonyl (C=O) groups excluding carboxylic acids is 1. The minimum absolute atomic E-state index is 0.240. The zero-order valence-corrected chi connectivity index (χ0v) is 22.7. The standard InChI is InChI=1S/C25H19Cl2IN2O3S/c1-14-5-3-6-15(9-14)13-33-23-18(28)10-16(11-20(23)32-2)12-21-24(31)30-25(34-21)29-19-8-4-7-17(26)22(19)27/h3-12H,13H2,1-2H3,(H,29,30,31)/b21-12+. The van der Waals surface area contributed by atoms with Crippen LogP contribution in [0.1, 0.15) is 16.7 Å². The number of carbonyl (C=O) groups is 1. The van der Waals surface area contributed by atoms with Gasteiger partial charge in [0.25, 0.3) is 5.91 Å². The van der Waals surface area contributed by atoms with Gasteiger partial charge in [-0.25, -0.2) is 4.99 Å². The Morgan fingerprint density at radius 1 is 1.15 bits per heavy atom. The van der Waals surface area contributed by atoms with E-state index < -0.39 is 0 Å². The van der Waals surface area contributed by atoms with Crippen LogP contribution in [-0.2, 0) is 11.4 Å². The molecule has 0 aliphatic carbocycles. The van der Waals surface area contributed by atoms with Gasteiger partial charge in [0.05, 0.1) is 31.3 Å². The number of ether oxygens (including phenoxy) is 2. The number of nitrogens with zero attached hydrogens (tertiary/aromatic N) is 1. The van der Waals surface area contributed by atoms with Gasteiger partial charge in [0, 0.05) is 0 Å². The van der Waals surface area contributed by atoms with Crippen LogP contribution in [0.4, 0.5) is 5.69 Å². The molecule has 34 heavy (non-hydrogen) atoms. The van der Waals surface area contributed by atoms with Gasteiger partial charge in [-0.15, -0.1) is 0 Å². The third-order valence-electron chi connectivity index (χ3n) is 4.82. The van der Waals surface area contributed by atoms with E-state index in [0.717, 1.165) is 14.7 Å². The molecule has 174 valence electrons. The molecule has 3 aromatic rings. The van der Waals surface area contributed by atoms with Gasteiger partial charge in [0.15, 0.2) is 16.7 Å². The summed E-state index contributed by atoms with van der Waals surface area (Å²) < 4.78 is 12.5. The van der Waals surface area contributed by atoms with Crippen molar-refractivity contribution in [2.24, 2.45) is 4.99 Å². The molecule has 0 radical (unpaired) electrons. The largest absolute Gasteiger partial charge is 0.493 e. The molecule has 3 aromatic carbocycles. The number of thioether (sulfide) groups is 1. The molecule has 9 heteroatoms. The van der Waals surface area contributed by atoms with Crippen LogP contribution in [0.3, 0.4) is 0 Å². The van der Waals surface area contributed by atoms with Gasteiger partial charge < -0.3 is 14.8 Å². The summed E-state index contributed by atoms with van der Waals surface area (Å²) in [7, 11) is 1.60. The minimum Gasteiger partial charge on any atom is -0.493 e. The number of amidine groups is 1. The lowest BCUT2D eigenvalue weighted by Gasteiger charge is -2.14. The number of aliphatic imine (C=N–C) groups is 1. The number of rotatable bonds is 6. The Balaban J connectivity index is 1.55. The third kappa shape index (κ3) is 5.89. The van der Waals surface area contributed by atoms with Gasteiger partial charge in [-0.1, -0.05) is 59.1 Å². The second-order valence-corrected chi connectivity index (χ2v) is 10.3. The normalized spacial score (nSPS) is 15.6. The van der Waals surface area contributed by atoms with Crippen LogP contribution in [-0.4, -0.2) is 18.2 Å². The molecule has 0 aromatic heterocycles. The number of aryl methyl sites for hydroxylation is 1. The van der Waals surface area contributed by atoms with E-state index in [1.54, 1.807) is 31.4 Å². The van der Waals surface area contributed by atoms with Crippen LogP contribution in [0.25, 0.3) is 6.08 Å². The molecule has 4 rings (SSSR count). The number of hydrogen-bond donors (Lipinski definition) is 1. The highest BCUT2D eigenvalue weighted by Gasteiger charge is 2.24. The number of methoxy groups -OCH3 is 1. The zero-order valence-electron chi connectivity index (χ0n) is 18.2. The van der Waals surface area contributed by atoms with Gasteiger partial charge in [0.2, 0.25) is 0 Å². The van der Waals surface area contributed by atoms with Crippen molar-refractivity contribution in [3.63, 3.8) is 0 Å². The van der Waals surface area contributed by atoms with Crippen LogP contribution in [0.5, 0.6) is 11.5 Å². The summed E-state index contributed by atoms with van der Waals surface area (Å²) in [5.74, 6) is 1.01. The second-order valence-electron chi connectivity index (χ2n) is 7.37. The predicted octanol–water partition coefficient (Wildman–Crippen LogP) is 7.39. The average molecular weight is 625 g/mol. The Morgan fingerprint density at radius 2 is 1.94 bits per heavy atom. The summed E-state index contributed by atoms with van der Waals surface area (Å²) in [5, 5.41) is 3.93. The van der Waals surface area contributed by atoms with Crippen molar-refractivity contribution in [2.45, 2.75) is 13.5 Å². The van der Waals surface area contributed by atoms with Crippen molar-refractivity contribution >= 4 is 80.4 Å². The highest BCUT2D eigenvalue weighted by Crippen LogP contribution is 2.37. The summed E-state index contributed by atoms with van der Waals surface area (Å²) in [6.07, 6.45) is 1.79. The Kier molecular flexibility index (Phi) is 8.08. The Morgan fingerprint density at radius 3 is 2.71 bits per heavy atom. The SMILES string of the molecule is COc1cc(/C=C2/SC(=Nc3cccc(Cl)c3Cl)NC2=O)cc(I)c1OCc1cccc(C)c1. The predicted molar refractivity (Wildman–Crippen MR) is 148 cm³/mol. The Hall–Kier alpha value is -2.20. The molecule has 1 N–H and O–H groups in total. The zero-order chi connectivity index (χ0) is 24.2. The van der Waals surface area contributed by atoms with Gasteiger partial charge in [-0.2, -0.15) is 0 Å². The summed E-state index contributed by atoms with van der Waals surface area (Å²) in [4.78, 5) is 17.5. The smallest absolute Gasteiger partial charge is 0.264 e. The lowest BCUT2D eigenvalue weighted by atomic mass is 10.1. The van der Waals surface area contributed by atoms with Crippen LogP contribution in [0.15, 0.2) is 64.5 Å². The molecule has 0 atom stereocenters. The highest BCUT2D eigenvalue weighted by molar-refractivity contribution is 14.1. The number of benzene rings is 3. The second kappa shape index (κ2) is 11.0. The first-order valence-electron chi connectivity index (χ1n) is 10.1. The number of amides is 1. The maximum atomic E-state index is 12.5. The summed E-state index contributed by atoms with van der Waals surface area (Å²) in [5.41, 5.74) is 3.56. The fraction of sp³-hybridized carbons (Fsp3) is 0.120. The van der Waals surface area contributed by atoms with E-state index in [4.69, 9.17) is 32.7 Å². The van der Waals surface area contributed by atoms with E-state index >= 15 is 0 Å². The molecule has 1 fully saturated rings. The molecule has 1 aliphatic rings. The number of hydrogen-bond acceptors (Lipinski definition) is 5. The van der Waals surface area contributed by atoms with Crippen molar-refractivity contribution in [3.05, 3.63) is 89.8 Å². The lowest BCUT2D eigenvalue weighted by molar-refractivity contribution is -0.115. The first-order valence-corrected chi connectivity index (χ1v) is 12.8. The highest BCUT2D eigenvalue weighted by atomic mass is 127. The Bertz CT molecular complexity index is 1330. The third-order valence-corrected chi connectivity index (χ3v) is 7.34. The van der Waals surface area contributed by atoms with E-state index in [9.17, 15) is 4.79 Å². The molecule has 0 bridgehead atoms. The Labute approximate surface area is 225 Å². The fourth-order valence-electron chi connectivity index (χ4n) is 3.24. The molecule has 1 saturated heterocycles. The van der Waals surface area contributed by atoms with E-state index in [-0.39, 0.29) is 5.91 Å². The maximum absolute atomic E-state index is 12.5. The maximum Gasteiger partial charge on any atom is 0.264 e. The van der Waals surface area contributed by atoms with Gasteiger partial charge >= 0.3 is 0 Å². The van der Waals surface area contributed by atoms with Crippen molar-refractivity contribution < 1.29 is 14.3 Å².